The summed E-state index contributed by atoms with van der Waals surface area (Å²) < 4.78 is 11.9. The topological polar surface area (TPSA) is 146 Å². The average molecular weight is 360 g/mol. The molecule has 3 heterocycles. The number of carbonyl (C=O) groups is 1. The molecule has 132 valence electrons. The molecule has 1 aliphatic rings. The number of hydrogen-bond acceptors (Lipinski definition) is 9. The number of aromatic nitrogens is 4. The van der Waals surface area contributed by atoms with Crippen LogP contribution in [-0.4, -0.2) is 60.6 Å². The van der Waals surface area contributed by atoms with Crippen LogP contribution < -0.4 is 5.73 Å². The van der Waals surface area contributed by atoms with Crippen molar-refractivity contribution < 1.29 is 24.5 Å². The largest absolute Gasteiger partial charge is 0.466 e. The summed E-state index contributed by atoms with van der Waals surface area (Å²) in [5, 5.41) is 20.3. The molecule has 2 unspecified atom stereocenters. The van der Waals surface area contributed by atoms with Gasteiger partial charge in [0, 0.05) is 0 Å². The summed E-state index contributed by atoms with van der Waals surface area (Å²) in [5.74, 6) is -0.309. The number of aliphatic hydroxyl groups is 2. The smallest absolute Gasteiger partial charge is 0.308 e. The Morgan fingerprint density at radius 1 is 1.38 bits per heavy atom. The van der Waals surface area contributed by atoms with Gasteiger partial charge in [-0.05, 0) is 6.92 Å². The van der Waals surface area contributed by atoms with Crippen molar-refractivity contribution in [2.45, 2.75) is 37.9 Å². The number of rotatable bonds is 4. The highest BCUT2D eigenvalue weighted by molar-refractivity contribution is 5.85. The lowest BCUT2D eigenvalue weighted by molar-refractivity contribution is -0.148. The zero-order valence-corrected chi connectivity index (χ0v) is 13.6. The van der Waals surface area contributed by atoms with Gasteiger partial charge in [0.25, 0.3) is 0 Å². The number of halogens is 1. The second-order valence-electron chi connectivity index (χ2n) is 5.14. The van der Waals surface area contributed by atoms with Gasteiger partial charge in [0.2, 0.25) is 0 Å². The van der Waals surface area contributed by atoms with Crippen LogP contribution in [0.3, 0.4) is 0 Å². The zero-order chi connectivity index (χ0) is 16.6. The first kappa shape index (κ1) is 18.3. The van der Waals surface area contributed by atoms with E-state index in [1.54, 1.807) is 6.92 Å². The molecule has 1 aliphatic heterocycles. The van der Waals surface area contributed by atoms with Crippen LogP contribution in [0.2, 0.25) is 0 Å². The fraction of sp³-hybridized carbons (Fsp3) is 0.538. The summed E-state index contributed by atoms with van der Waals surface area (Å²) in [6, 6.07) is 0. The molecule has 0 radical (unpaired) electrons. The van der Waals surface area contributed by atoms with Crippen LogP contribution >= 0.6 is 12.4 Å². The fourth-order valence-electron chi connectivity index (χ4n) is 2.57. The lowest BCUT2D eigenvalue weighted by Crippen LogP contribution is -2.33. The minimum atomic E-state index is -1.25. The van der Waals surface area contributed by atoms with Gasteiger partial charge in [-0.3, -0.25) is 9.36 Å². The number of esters is 1. The number of anilines is 1. The Morgan fingerprint density at radius 3 is 2.83 bits per heavy atom. The van der Waals surface area contributed by atoms with Crippen molar-refractivity contribution in [3.63, 3.8) is 0 Å². The molecule has 10 nitrogen and oxygen atoms in total. The number of imidazole rings is 1. The Balaban J connectivity index is 0.00000208. The molecule has 1 saturated heterocycles. The lowest BCUT2D eigenvalue weighted by atomic mass is 10.1. The molecule has 2 aromatic heterocycles. The van der Waals surface area contributed by atoms with E-state index in [4.69, 9.17) is 15.2 Å². The molecule has 2 aromatic rings. The average Bonchev–Trinajstić information content (AvgIpc) is 3.05. The zero-order valence-electron chi connectivity index (χ0n) is 12.8. The second-order valence-corrected chi connectivity index (χ2v) is 5.14. The van der Waals surface area contributed by atoms with E-state index >= 15 is 0 Å². The lowest BCUT2D eigenvalue weighted by Gasteiger charge is -2.16. The first-order valence-electron chi connectivity index (χ1n) is 7.13. The molecular weight excluding hydrogens is 342 g/mol. The highest BCUT2D eigenvalue weighted by Gasteiger charge is 2.45. The van der Waals surface area contributed by atoms with Gasteiger partial charge in [-0.25, -0.2) is 15.0 Å². The van der Waals surface area contributed by atoms with Crippen LogP contribution in [-0.2, 0) is 14.3 Å². The van der Waals surface area contributed by atoms with Crippen LogP contribution in [0.15, 0.2) is 12.7 Å². The third kappa shape index (κ3) is 3.13. The molecule has 0 amide bonds. The highest BCUT2D eigenvalue weighted by Crippen LogP contribution is 2.33. The van der Waals surface area contributed by atoms with E-state index in [9.17, 15) is 15.0 Å². The van der Waals surface area contributed by atoms with Crippen LogP contribution in [0.5, 0.6) is 0 Å². The second kappa shape index (κ2) is 7.26. The fourth-order valence-corrected chi connectivity index (χ4v) is 2.57. The number of fused-ring (bicyclic) bond motifs is 1. The Kier molecular flexibility index (Phi) is 5.54. The normalized spacial score (nSPS) is 26.3. The van der Waals surface area contributed by atoms with Crippen LogP contribution in [0, 0.1) is 0 Å². The maximum Gasteiger partial charge on any atom is 0.308 e. The number of nitrogens with zero attached hydrogens (tertiary/aromatic N) is 4. The van der Waals surface area contributed by atoms with Gasteiger partial charge >= 0.3 is 5.97 Å². The van der Waals surface area contributed by atoms with Gasteiger partial charge in [-0.15, -0.1) is 12.4 Å². The van der Waals surface area contributed by atoms with Gasteiger partial charge in [0.1, 0.15) is 24.1 Å². The van der Waals surface area contributed by atoms with Crippen molar-refractivity contribution in [1.82, 2.24) is 19.5 Å². The monoisotopic (exact) mass is 359 g/mol. The predicted octanol–water partition coefficient (Wildman–Crippen LogP) is -0.597. The molecule has 24 heavy (non-hydrogen) atoms. The Labute approximate surface area is 143 Å². The maximum absolute atomic E-state index is 11.6. The molecular formula is C13H18ClN5O5. The van der Waals surface area contributed by atoms with Gasteiger partial charge in [-0.2, -0.15) is 0 Å². The van der Waals surface area contributed by atoms with Crippen molar-refractivity contribution in [3.8, 4) is 0 Å². The van der Waals surface area contributed by atoms with Gasteiger partial charge < -0.3 is 25.4 Å². The first-order chi connectivity index (χ1) is 11.0. The Hall–Kier alpha value is -2.01. The molecule has 0 saturated carbocycles. The Bertz CT molecular complexity index is 726. The first-order valence-corrected chi connectivity index (χ1v) is 7.13. The van der Waals surface area contributed by atoms with E-state index in [0.29, 0.717) is 11.2 Å². The van der Waals surface area contributed by atoms with E-state index in [-0.39, 0.29) is 31.3 Å². The van der Waals surface area contributed by atoms with Crippen LogP contribution in [0.4, 0.5) is 5.82 Å². The van der Waals surface area contributed by atoms with Crippen LogP contribution in [0.25, 0.3) is 11.2 Å². The minimum Gasteiger partial charge on any atom is -0.466 e. The molecule has 11 heteroatoms. The van der Waals surface area contributed by atoms with E-state index < -0.39 is 30.5 Å². The summed E-state index contributed by atoms with van der Waals surface area (Å²) in [5.41, 5.74) is 6.45. The number of nitrogen functional groups attached to an aromatic ring is 1. The number of aliphatic hydroxyl groups excluding tert-OH is 2. The van der Waals surface area contributed by atoms with Crippen molar-refractivity contribution >= 4 is 35.4 Å². The van der Waals surface area contributed by atoms with E-state index in [2.05, 4.69) is 15.0 Å². The van der Waals surface area contributed by atoms with Crippen molar-refractivity contribution in [2.75, 3.05) is 12.3 Å². The quantitative estimate of drug-likeness (QED) is 0.609. The molecule has 4 atom stereocenters. The molecule has 4 N–H and O–H groups in total. The van der Waals surface area contributed by atoms with Crippen LogP contribution in [0.1, 0.15) is 19.6 Å². The predicted molar refractivity (Wildman–Crippen MR) is 84.2 cm³/mol. The molecule has 0 spiro atoms. The summed E-state index contributed by atoms with van der Waals surface area (Å²) in [4.78, 5) is 23.5. The Morgan fingerprint density at radius 2 is 2.12 bits per heavy atom. The molecule has 1 fully saturated rings. The highest BCUT2D eigenvalue weighted by atomic mass is 35.5. The minimum absolute atomic E-state index is 0. The van der Waals surface area contributed by atoms with Gasteiger partial charge in [0.15, 0.2) is 17.7 Å². The summed E-state index contributed by atoms with van der Waals surface area (Å²) >= 11 is 0. The number of nitrogens with two attached hydrogens (primary N) is 1. The molecule has 0 aromatic carbocycles. The van der Waals surface area contributed by atoms with E-state index in [1.165, 1.54) is 17.2 Å². The third-order valence-corrected chi connectivity index (χ3v) is 3.67. The summed E-state index contributed by atoms with van der Waals surface area (Å²) in [7, 11) is 0. The van der Waals surface area contributed by atoms with Crippen molar-refractivity contribution in [3.05, 3.63) is 12.7 Å². The SMILES string of the molecule is CCOC(=O)C[C@H]1O[C@@H](n2cnc3c(N)ncnc32)C(O)C1O.Cl. The van der Waals surface area contributed by atoms with E-state index in [0.717, 1.165) is 0 Å². The third-order valence-electron chi connectivity index (χ3n) is 3.67. The van der Waals surface area contributed by atoms with Crippen molar-refractivity contribution in [1.29, 1.82) is 0 Å². The standard InChI is InChI=1S/C13H17N5O5.ClH/c1-2-22-7(19)3-6-9(20)10(21)13(23-6)18-5-17-8-11(14)15-4-16-12(8)18;/h4-6,9-10,13,20-21H,2-3H2,1H3,(H2,14,15,16);1H/t6-,9?,10?,13-;/m1./s1. The van der Waals surface area contributed by atoms with Gasteiger partial charge in [0.05, 0.1) is 25.5 Å². The molecule has 0 aliphatic carbocycles. The van der Waals surface area contributed by atoms with Crippen molar-refractivity contribution in [2.24, 2.45) is 0 Å². The van der Waals surface area contributed by atoms with E-state index in [1.807, 2.05) is 0 Å². The summed E-state index contributed by atoms with van der Waals surface area (Å²) in [6.07, 6.45) is -1.81. The molecule has 3 rings (SSSR count). The maximum atomic E-state index is 11.6. The summed E-state index contributed by atoms with van der Waals surface area (Å²) in [6.45, 7) is 1.92. The number of ether oxygens (including phenoxy) is 2. The van der Waals surface area contributed by atoms with Gasteiger partial charge in [-0.1, -0.05) is 0 Å². The number of carbonyl (C=O) groups excluding carboxylic acids is 1. The molecule has 0 bridgehead atoms. The number of hydrogen-bond donors (Lipinski definition) is 3.